The molecule has 0 spiro atoms. The number of rotatable bonds is 2. The van der Waals surface area contributed by atoms with E-state index >= 15 is 0 Å². The lowest BCUT2D eigenvalue weighted by molar-refractivity contribution is 0.472. The molecule has 0 aliphatic rings. The molecule has 0 saturated heterocycles. The molecular weight excluding hydrogens is 232 g/mol. The van der Waals surface area contributed by atoms with Crippen LogP contribution in [0.25, 0.3) is 0 Å². The Kier molecular flexibility index (Phi) is 3.15. The first-order chi connectivity index (χ1) is 7.95. The number of hydrogen-bond donors (Lipinski definition) is 1. The van der Waals surface area contributed by atoms with Crippen LogP contribution in [0, 0.1) is 0 Å². The van der Waals surface area contributed by atoms with Crippen molar-refractivity contribution in [3.8, 4) is 5.75 Å². The summed E-state index contributed by atoms with van der Waals surface area (Å²) < 4.78 is 0. The second-order valence-corrected chi connectivity index (χ2v) is 6.05. The largest absolute Gasteiger partial charge is 0.506 e. The van der Waals surface area contributed by atoms with Gasteiger partial charge in [0.05, 0.1) is 16.9 Å². The molecule has 17 heavy (non-hydrogen) atoms. The number of aromatic hydroxyl groups is 1. The topological polar surface area (TPSA) is 46.0 Å². The van der Waals surface area contributed by atoms with E-state index in [2.05, 4.69) is 36.1 Å². The van der Waals surface area contributed by atoms with E-state index in [0.717, 1.165) is 22.7 Å². The lowest BCUT2D eigenvalue weighted by Gasteiger charge is -2.14. The number of nitrogens with zero attached hydrogens (tertiary/aromatic N) is 2. The van der Waals surface area contributed by atoms with E-state index < -0.39 is 0 Å². The molecule has 2 aromatic rings. The van der Waals surface area contributed by atoms with Gasteiger partial charge in [-0.15, -0.1) is 11.3 Å². The van der Waals surface area contributed by atoms with Crippen molar-refractivity contribution in [1.29, 1.82) is 0 Å². The van der Waals surface area contributed by atoms with Crippen molar-refractivity contribution in [2.45, 2.75) is 32.6 Å². The van der Waals surface area contributed by atoms with Gasteiger partial charge >= 0.3 is 0 Å². The van der Waals surface area contributed by atoms with Crippen LogP contribution in [0.3, 0.4) is 0 Å². The third kappa shape index (κ3) is 3.03. The summed E-state index contributed by atoms with van der Waals surface area (Å²) in [5, 5.41) is 12.5. The molecule has 1 N–H and O–H groups in total. The molecular formula is C13H16N2OS. The SMILES string of the molecule is CC(C)(C)c1csc(Cc2cncc(O)c2)n1. The smallest absolute Gasteiger partial charge is 0.134 e. The third-order valence-electron chi connectivity index (χ3n) is 2.46. The van der Waals surface area contributed by atoms with Crippen molar-refractivity contribution in [2.24, 2.45) is 0 Å². The molecule has 0 atom stereocenters. The van der Waals surface area contributed by atoms with Crippen LogP contribution >= 0.6 is 11.3 Å². The van der Waals surface area contributed by atoms with Crippen molar-refractivity contribution < 1.29 is 5.11 Å². The molecule has 4 heteroatoms. The maximum atomic E-state index is 9.35. The van der Waals surface area contributed by atoms with E-state index in [1.54, 1.807) is 23.6 Å². The third-order valence-corrected chi connectivity index (χ3v) is 3.30. The van der Waals surface area contributed by atoms with Gasteiger partial charge < -0.3 is 5.11 Å². The van der Waals surface area contributed by atoms with E-state index in [1.807, 2.05) is 0 Å². The zero-order valence-corrected chi connectivity index (χ0v) is 11.1. The quantitative estimate of drug-likeness (QED) is 0.888. The molecule has 0 aromatic carbocycles. The van der Waals surface area contributed by atoms with Crippen molar-refractivity contribution in [3.05, 3.63) is 40.1 Å². The summed E-state index contributed by atoms with van der Waals surface area (Å²) in [5.41, 5.74) is 2.19. The Hall–Kier alpha value is -1.42. The minimum absolute atomic E-state index is 0.0891. The molecule has 0 amide bonds. The van der Waals surface area contributed by atoms with Gasteiger partial charge in [-0.25, -0.2) is 4.98 Å². The zero-order chi connectivity index (χ0) is 12.5. The molecule has 0 unspecified atom stereocenters. The van der Waals surface area contributed by atoms with Crippen molar-refractivity contribution in [3.63, 3.8) is 0 Å². The van der Waals surface area contributed by atoms with E-state index in [9.17, 15) is 5.11 Å². The van der Waals surface area contributed by atoms with Crippen LogP contribution in [0.5, 0.6) is 5.75 Å². The van der Waals surface area contributed by atoms with E-state index in [0.29, 0.717) is 0 Å². The summed E-state index contributed by atoms with van der Waals surface area (Å²) >= 11 is 1.66. The van der Waals surface area contributed by atoms with E-state index in [1.165, 1.54) is 6.20 Å². The highest BCUT2D eigenvalue weighted by atomic mass is 32.1. The maximum absolute atomic E-state index is 9.35. The van der Waals surface area contributed by atoms with Gasteiger partial charge in [0.2, 0.25) is 0 Å². The van der Waals surface area contributed by atoms with Gasteiger partial charge in [-0.05, 0) is 11.6 Å². The highest BCUT2D eigenvalue weighted by molar-refractivity contribution is 7.09. The molecule has 2 heterocycles. The number of pyridine rings is 1. The fourth-order valence-corrected chi connectivity index (χ4v) is 2.54. The van der Waals surface area contributed by atoms with Gasteiger partial charge in [0.25, 0.3) is 0 Å². The van der Waals surface area contributed by atoms with Gasteiger partial charge in [-0.2, -0.15) is 0 Å². The molecule has 0 radical (unpaired) electrons. The van der Waals surface area contributed by atoms with E-state index in [-0.39, 0.29) is 11.2 Å². The summed E-state index contributed by atoms with van der Waals surface area (Å²) in [4.78, 5) is 8.58. The molecule has 0 bridgehead atoms. The van der Waals surface area contributed by atoms with Gasteiger partial charge in [0, 0.05) is 23.4 Å². The lowest BCUT2D eigenvalue weighted by atomic mass is 9.93. The predicted octanol–water partition coefficient (Wildman–Crippen LogP) is 3.13. The highest BCUT2D eigenvalue weighted by Gasteiger charge is 2.17. The Bertz CT molecular complexity index is 514. The summed E-state index contributed by atoms with van der Waals surface area (Å²) in [5.74, 6) is 0.204. The monoisotopic (exact) mass is 248 g/mol. The fourth-order valence-electron chi connectivity index (χ4n) is 1.48. The van der Waals surface area contributed by atoms with Crippen LogP contribution < -0.4 is 0 Å². The molecule has 0 fully saturated rings. The van der Waals surface area contributed by atoms with Crippen LogP contribution in [-0.2, 0) is 11.8 Å². The molecule has 0 aliphatic carbocycles. The summed E-state index contributed by atoms with van der Waals surface area (Å²) in [6, 6.07) is 1.73. The Morgan fingerprint density at radius 1 is 1.29 bits per heavy atom. The van der Waals surface area contributed by atoms with Crippen molar-refractivity contribution in [1.82, 2.24) is 9.97 Å². The normalized spacial score (nSPS) is 11.7. The van der Waals surface area contributed by atoms with Crippen molar-refractivity contribution in [2.75, 3.05) is 0 Å². The van der Waals surface area contributed by atoms with Crippen LogP contribution in [0.15, 0.2) is 23.8 Å². The van der Waals surface area contributed by atoms with Gasteiger partial charge in [-0.3, -0.25) is 4.98 Å². The first kappa shape index (κ1) is 12.0. The van der Waals surface area contributed by atoms with Gasteiger partial charge in [0.1, 0.15) is 5.75 Å². The number of thiazole rings is 1. The molecule has 90 valence electrons. The molecule has 3 nitrogen and oxygen atoms in total. The fraction of sp³-hybridized carbons (Fsp3) is 0.385. The van der Waals surface area contributed by atoms with E-state index in [4.69, 9.17) is 0 Å². The Balaban J connectivity index is 2.17. The van der Waals surface area contributed by atoms with Crippen LogP contribution in [0.1, 0.15) is 37.0 Å². The Morgan fingerprint density at radius 3 is 2.65 bits per heavy atom. The second kappa shape index (κ2) is 4.45. The van der Waals surface area contributed by atoms with Crippen LogP contribution in [0.2, 0.25) is 0 Å². The van der Waals surface area contributed by atoms with Gasteiger partial charge in [0.15, 0.2) is 0 Å². The average Bonchev–Trinajstić information content (AvgIpc) is 2.65. The zero-order valence-electron chi connectivity index (χ0n) is 10.3. The lowest BCUT2D eigenvalue weighted by Crippen LogP contribution is -2.11. The minimum Gasteiger partial charge on any atom is -0.506 e. The molecule has 2 aromatic heterocycles. The Morgan fingerprint density at radius 2 is 2.06 bits per heavy atom. The predicted molar refractivity (Wildman–Crippen MR) is 69.5 cm³/mol. The number of aromatic nitrogens is 2. The van der Waals surface area contributed by atoms with Gasteiger partial charge in [-0.1, -0.05) is 20.8 Å². The van der Waals surface area contributed by atoms with Crippen LogP contribution in [-0.4, -0.2) is 15.1 Å². The average molecular weight is 248 g/mol. The standard InChI is InChI=1S/C13H16N2OS/c1-13(2,3)11-8-17-12(15-11)5-9-4-10(16)7-14-6-9/h4,6-8,16H,5H2,1-3H3. The summed E-state index contributed by atoms with van der Waals surface area (Å²) in [7, 11) is 0. The first-order valence-corrected chi connectivity index (χ1v) is 6.41. The maximum Gasteiger partial charge on any atom is 0.134 e. The second-order valence-electron chi connectivity index (χ2n) is 5.10. The first-order valence-electron chi connectivity index (χ1n) is 5.53. The molecule has 0 saturated carbocycles. The Labute approximate surface area is 105 Å². The van der Waals surface area contributed by atoms with Crippen molar-refractivity contribution >= 4 is 11.3 Å². The highest BCUT2D eigenvalue weighted by Crippen LogP contribution is 2.25. The van der Waals surface area contributed by atoms with Crippen LogP contribution in [0.4, 0.5) is 0 Å². The summed E-state index contributed by atoms with van der Waals surface area (Å²) in [6.45, 7) is 6.46. The molecule has 2 rings (SSSR count). The molecule has 0 aliphatic heterocycles. The minimum atomic E-state index is 0.0891. The number of hydrogen-bond acceptors (Lipinski definition) is 4. The summed E-state index contributed by atoms with van der Waals surface area (Å²) in [6.07, 6.45) is 3.92.